The van der Waals surface area contributed by atoms with Gasteiger partial charge in [-0.3, -0.25) is 0 Å². The Kier molecular flexibility index (Phi) is 14.2. The van der Waals surface area contributed by atoms with E-state index in [0.29, 0.717) is 6.61 Å². The quantitative estimate of drug-likeness (QED) is 0.425. The molecule has 0 aliphatic carbocycles. The Bertz CT molecular complexity index is 173. The molecular weight excluding hydrogens is 240 g/mol. The van der Waals surface area contributed by atoms with Gasteiger partial charge in [-0.25, -0.2) is 0 Å². The van der Waals surface area contributed by atoms with Crippen LogP contribution in [0.4, 0.5) is 0 Å². The Morgan fingerprint density at radius 1 is 0.632 bits per heavy atom. The molecule has 0 aromatic carbocycles. The van der Waals surface area contributed by atoms with E-state index in [1.165, 1.54) is 25.7 Å². The summed E-state index contributed by atoms with van der Waals surface area (Å²) in [5.41, 5.74) is 0. The molecule has 3 N–H and O–H groups in total. The number of hydrogen-bond acceptors (Lipinski definition) is 3. The normalized spacial score (nSPS) is 14.5. The summed E-state index contributed by atoms with van der Waals surface area (Å²) in [5.74, 6) is 0. The minimum absolute atomic E-state index is 0.230. The maximum atomic E-state index is 9.80. The van der Waals surface area contributed by atoms with Gasteiger partial charge in [0.15, 0.2) is 0 Å². The maximum Gasteiger partial charge on any atom is 0.0541 e. The molecule has 0 heterocycles. The highest BCUT2D eigenvalue weighted by atomic mass is 16.3. The molecule has 0 aliphatic rings. The summed E-state index contributed by atoms with van der Waals surface area (Å²) in [6.07, 6.45) is 11.8. The van der Waals surface area contributed by atoms with Gasteiger partial charge in [-0.2, -0.15) is 0 Å². The van der Waals surface area contributed by atoms with Crippen LogP contribution < -0.4 is 0 Å². The fraction of sp³-hybridized carbons (Fsp3) is 1.00. The maximum absolute atomic E-state index is 9.80. The van der Waals surface area contributed by atoms with Crippen LogP contribution in [0, 0.1) is 0 Å². The Labute approximate surface area is 119 Å². The molecule has 3 nitrogen and oxygen atoms in total. The van der Waals surface area contributed by atoms with Gasteiger partial charge in [0.1, 0.15) is 0 Å². The monoisotopic (exact) mass is 274 g/mol. The van der Waals surface area contributed by atoms with Crippen molar-refractivity contribution in [2.75, 3.05) is 6.61 Å². The van der Waals surface area contributed by atoms with E-state index >= 15 is 0 Å². The first kappa shape index (κ1) is 18.9. The second-order valence-electron chi connectivity index (χ2n) is 5.66. The van der Waals surface area contributed by atoms with Crippen LogP contribution in [0.2, 0.25) is 0 Å². The molecule has 0 aromatic rings. The molecule has 0 aliphatic heterocycles. The van der Waals surface area contributed by atoms with Crippen LogP contribution in [-0.2, 0) is 0 Å². The van der Waals surface area contributed by atoms with Crippen LogP contribution in [0.1, 0.15) is 84.0 Å². The molecule has 0 aromatic heterocycles. The molecule has 0 bridgehead atoms. The average Bonchev–Trinajstić information content (AvgIpc) is 2.40. The van der Waals surface area contributed by atoms with Gasteiger partial charge in [-0.05, 0) is 32.1 Å². The Morgan fingerprint density at radius 2 is 1.11 bits per heavy atom. The minimum atomic E-state index is -0.235. The van der Waals surface area contributed by atoms with Crippen LogP contribution in [0.15, 0.2) is 0 Å². The van der Waals surface area contributed by atoms with Crippen molar-refractivity contribution in [1.29, 1.82) is 0 Å². The summed E-state index contributed by atoms with van der Waals surface area (Å²) >= 11 is 0. The molecule has 3 heteroatoms. The Hall–Kier alpha value is -0.120. The average molecular weight is 274 g/mol. The highest BCUT2D eigenvalue weighted by Gasteiger charge is 2.08. The predicted molar refractivity (Wildman–Crippen MR) is 80.2 cm³/mol. The third-order valence-corrected chi connectivity index (χ3v) is 3.65. The van der Waals surface area contributed by atoms with E-state index in [2.05, 4.69) is 6.92 Å². The van der Waals surface area contributed by atoms with Gasteiger partial charge < -0.3 is 15.3 Å². The van der Waals surface area contributed by atoms with Crippen molar-refractivity contribution in [2.24, 2.45) is 0 Å². The molecule has 0 saturated heterocycles. The first-order chi connectivity index (χ1) is 9.20. The third-order valence-electron chi connectivity index (χ3n) is 3.65. The van der Waals surface area contributed by atoms with Crippen molar-refractivity contribution in [1.82, 2.24) is 0 Å². The molecule has 2 unspecified atom stereocenters. The lowest BCUT2D eigenvalue weighted by Gasteiger charge is -2.13. The van der Waals surface area contributed by atoms with E-state index in [1.54, 1.807) is 0 Å². The minimum Gasteiger partial charge on any atom is -0.396 e. The molecule has 0 rings (SSSR count). The van der Waals surface area contributed by atoms with Gasteiger partial charge in [-0.1, -0.05) is 51.9 Å². The van der Waals surface area contributed by atoms with E-state index in [0.717, 1.165) is 51.4 Å². The van der Waals surface area contributed by atoms with E-state index in [-0.39, 0.29) is 12.2 Å². The summed E-state index contributed by atoms with van der Waals surface area (Å²) in [5, 5.41) is 28.0. The molecule has 116 valence electrons. The van der Waals surface area contributed by atoms with E-state index in [1.807, 2.05) is 0 Å². The highest BCUT2D eigenvalue weighted by Crippen LogP contribution is 2.13. The van der Waals surface area contributed by atoms with E-state index in [4.69, 9.17) is 5.11 Å². The topological polar surface area (TPSA) is 60.7 Å². The van der Waals surface area contributed by atoms with Gasteiger partial charge in [0, 0.05) is 6.61 Å². The van der Waals surface area contributed by atoms with Crippen LogP contribution in [0.5, 0.6) is 0 Å². The van der Waals surface area contributed by atoms with Crippen molar-refractivity contribution in [2.45, 2.75) is 96.2 Å². The fourth-order valence-electron chi connectivity index (χ4n) is 2.38. The molecule has 0 spiro atoms. The van der Waals surface area contributed by atoms with Crippen molar-refractivity contribution in [3.8, 4) is 0 Å². The van der Waals surface area contributed by atoms with Crippen molar-refractivity contribution in [3.05, 3.63) is 0 Å². The highest BCUT2D eigenvalue weighted by molar-refractivity contribution is 4.61. The molecule has 0 radical (unpaired) electrons. The van der Waals surface area contributed by atoms with E-state index in [9.17, 15) is 10.2 Å². The Balaban J connectivity index is 3.22. The summed E-state index contributed by atoms with van der Waals surface area (Å²) in [6, 6.07) is 0. The zero-order valence-corrected chi connectivity index (χ0v) is 12.7. The SMILES string of the molecule is CCCC(O)CCC(O)CCCCCCCCCO. The van der Waals surface area contributed by atoms with Crippen LogP contribution in [0.3, 0.4) is 0 Å². The first-order valence-electron chi connectivity index (χ1n) is 8.17. The number of unbranched alkanes of at least 4 members (excludes halogenated alkanes) is 6. The lowest BCUT2D eigenvalue weighted by molar-refractivity contribution is 0.102. The van der Waals surface area contributed by atoms with E-state index < -0.39 is 0 Å². The van der Waals surface area contributed by atoms with Crippen molar-refractivity contribution in [3.63, 3.8) is 0 Å². The summed E-state index contributed by atoms with van der Waals surface area (Å²) < 4.78 is 0. The number of aliphatic hydroxyl groups excluding tert-OH is 3. The van der Waals surface area contributed by atoms with Crippen molar-refractivity contribution >= 4 is 0 Å². The zero-order valence-electron chi connectivity index (χ0n) is 12.7. The molecule has 19 heavy (non-hydrogen) atoms. The summed E-state index contributed by atoms with van der Waals surface area (Å²) in [6.45, 7) is 2.39. The summed E-state index contributed by atoms with van der Waals surface area (Å²) in [7, 11) is 0. The third kappa shape index (κ3) is 14.1. The number of rotatable bonds is 14. The molecule has 0 saturated carbocycles. The van der Waals surface area contributed by atoms with Gasteiger partial charge in [0.25, 0.3) is 0 Å². The molecule has 0 fully saturated rings. The van der Waals surface area contributed by atoms with Crippen LogP contribution >= 0.6 is 0 Å². The fourth-order valence-corrected chi connectivity index (χ4v) is 2.38. The largest absolute Gasteiger partial charge is 0.396 e. The molecule has 2 atom stereocenters. The Morgan fingerprint density at radius 3 is 1.63 bits per heavy atom. The standard InChI is InChI=1S/C16H34O3/c1-2-10-15(18)12-13-16(19)11-8-6-4-3-5-7-9-14-17/h15-19H,2-14H2,1H3. The van der Waals surface area contributed by atoms with Crippen molar-refractivity contribution < 1.29 is 15.3 Å². The molecule has 0 amide bonds. The second-order valence-corrected chi connectivity index (χ2v) is 5.66. The second kappa shape index (κ2) is 14.3. The lowest BCUT2D eigenvalue weighted by Crippen LogP contribution is -2.13. The van der Waals surface area contributed by atoms with Crippen LogP contribution in [0.25, 0.3) is 0 Å². The smallest absolute Gasteiger partial charge is 0.0541 e. The van der Waals surface area contributed by atoms with Gasteiger partial charge >= 0.3 is 0 Å². The van der Waals surface area contributed by atoms with Gasteiger partial charge in [0.2, 0.25) is 0 Å². The van der Waals surface area contributed by atoms with Crippen LogP contribution in [-0.4, -0.2) is 34.1 Å². The zero-order chi connectivity index (χ0) is 14.3. The lowest BCUT2D eigenvalue weighted by atomic mass is 10.0. The van der Waals surface area contributed by atoms with Gasteiger partial charge in [0.05, 0.1) is 12.2 Å². The number of hydrogen-bond donors (Lipinski definition) is 3. The first-order valence-corrected chi connectivity index (χ1v) is 8.17. The number of aliphatic hydroxyl groups is 3. The predicted octanol–water partition coefficient (Wildman–Crippen LogP) is 3.40. The molecular formula is C16H34O3. The summed E-state index contributed by atoms with van der Waals surface area (Å²) in [4.78, 5) is 0. The van der Waals surface area contributed by atoms with Gasteiger partial charge in [-0.15, -0.1) is 0 Å².